The molecular weight excluding hydrogens is 260 g/mol. The zero-order valence-electron chi connectivity index (χ0n) is 11.4. The standard InChI is InChI=1S/C13H22N4OS/c1-2-3-5-15-12-11(7-16-13(14)17-12)18-8-10-4-6-19-9-10/h7,10H,2-6,8-9H2,1H3,(H3,14,15,16,17). The SMILES string of the molecule is CCCCNc1nc(N)ncc1OCC1CCSC1. The van der Waals surface area contributed by atoms with E-state index in [2.05, 4.69) is 22.2 Å². The minimum atomic E-state index is 0.280. The zero-order chi connectivity index (χ0) is 13.5. The van der Waals surface area contributed by atoms with Crippen LogP contribution in [-0.4, -0.2) is 34.6 Å². The molecule has 0 aliphatic carbocycles. The number of hydrogen-bond donors (Lipinski definition) is 2. The van der Waals surface area contributed by atoms with Gasteiger partial charge in [-0.05, 0) is 24.3 Å². The van der Waals surface area contributed by atoms with Crippen molar-refractivity contribution < 1.29 is 4.74 Å². The Hall–Kier alpha value is -1.17. The lowest BCUT2D eigenvalue weighted by molar-refractivity contribution is 0.263. The molecule has 0 saturated carbocycles. The summed E-state index contributed by atoms with van der Waals surface area (Å²) in [5.74, 6) is 4.78. The zero-order valence-corrected chi connectivity index (χ0v) is 12.2. The quantitative estimate of drug-likeness (QED) is 0.748. The van der Waals surface area contributed by atoms with Gasteiger partial charge < -0.3 is 15.8 Å². The second-order valence-corrected chi connectivity index (χ2v) is 5.91. The van der Waals surface area contributed by atoms with E-state index in [0.717, 1.165) is 26.0 Å². The fourth-order valence-electron chi connectivity index (χ4n) is 1.92. The molecule has 0 spiro atoms. The van der Waals surface area contributed by atoms with Crippen LogP contribution in [0.5, 0.6) is 5.75 Å². The summed E-state index contributed by atoms with van der Waals surface area (Å²) in [5, 5.41) is 3.27. The van der Waals surface area contributed by atoms with Crippen LogP contribution in [0.2, 0.25) is 0 Å². The number of thioether (sulfide) groups is 1. The lowest BCUT2D eigenvalue weighted by Crippen LogP contribution is -2.14. The first-order chi connectivity index (χ1) is 9.29. The van der Waals surface area contributed by atoms with Crippen LogP contribution in [-0.2, 0) is 0 Å². The largest absolute Gasteiger partial charge is 0.488 e. The van der Waals surface area contributed by atoms with Crippen molar-refractivity contribution in [3.05, 3.63) is 6.20 Å². The molecule has 2 rings (SSSR count). The van der Waals surface area contributed by atoms with E-state index in [1.807, 2.05) is 11.8 Å². The number of nitrogens with two attached hydrogens (primary N) is 1. The Labute approximate surface area is 118 Å². The third kappa shape index (κ3) is 4.45. The summed E-state index contributed by atoms with van der Waals surface area (Å²) in [6.07, 6.45) is 5.14. The molecule has 1 saturated heterocycles. The van der Waals surface area contributed by atoms with Crippen LogP contribution >= 0.6 is 11.8 Å². The molecule has 1 atom stereocenters. The van der Waals surface area contributed by atoms with Crippen molar-refractivity contribution in [3.8, 4) is 5.75 Å². The fraction of sp³-hybridized carbons (Fsp3) is 0.692. The van der Waals surface area contributed by atoms with E-state index in [-0.39, 0.29) is 5.95 Å². The van der Waals surface area contributed by atoms with E-state index in [1.165, 1.54) is 17.9 Å². The highest BCUT2D eigenvalue weighted by Gasteiger charge is 2.17. The van der Waals surface area contributed by atoms with E-state index in [9.17, 15) is 0 Å². The van der Waals surface area contributed by atoms with Crippen LogP contribution in [0.15, 0.2) is 6.20 Å². The van der Waals surface area contributed by atoms with E-state index >= 15 is 0 Å². The van der Waals surface area contributed by atoms with Gasteiger partial charge in [-0.15, -0.1) is 0 Å². The summed E-state index contributed by atoms with van der Waals surface area (Å²) in [4.78, 5) is 8.23. The van der Waals surface area contributed by atoms with E-state index in [0.29, 0.717) is 17.5 Å². The summed E-state index contributed by atoms with van der Waals surface area (Å²) < 4.78 is 5.85. The topological polar surface area (TPSA) is 73.1 Å². The molecule has 106 valence electrons. The lowest BCUT2D eigenvalue weighted by atomic mass is 10.1. The Bertz CT molecular complexity index is 396. The van der Waals surface area contributed by atoms with Gasteiger partial charge in [0.1, 0.15) is 0 Å². The number of aromatic nitrogens is 2. The maximum Gasteiger partial charge on any atom is 0.222 e. The third-order valence-electron chi connectivity index (χ3n) is 3.10. The maximum atomic E-state index is 5.85. The van der Waals surface area contributed by atoms with Crippen molar-refractivity contribution in [2.75, 3.05) is 35.7 Å². The van der Waals surface area contributed by atoms with Gasteiger partial charge in [0.05, 0.1) is 12.8 Å². The van der Waals surface area contributed by atoms with Crippen molar-refractivity contribution in [1.29, 1.82) is 0 Å². The molecule has 6 heteroatoms. The van der Waals surface area contributed by atoms with Crippen molar-refractivity contribution in [1.82, 2.24) is 9.97 Å². The molecule has 0 aromatic carbocycles. The highest BCUT2D eigenvalue weighted by atomic mass is 32.2. The molecule has 1 aliphatic heterocycles. The number of unbranched alkanes of at least 4 members (excludes halogenated alkanes) is 1. The minimum Gasteiger partial charge on any atom is -0.488 e. The van der Waals surface area contributed by atoms with Gasteiger partial charge in [0.15, 0.2) is 11.6 Å². The number of anilines is 2. The molecule has 1 aromatic heterocycles. The molecule has 2 heterocycles. The van der Waals surface area contributed by atoms with E-state index in [1.54, 1.807) is 6.20 Å². The highest BCUT2D eigenvalue weighted by molar-refractivity contribution is 7.99. The number of ether oxygens (including phenoxy) is 1. The summed E-state index contributed by atoms with van der Waals surface area (Å²) >= 11 is 1.99. The summed E-state index contributed by atoms with van der Waals surface area (Å²) in [5.41, 5.74) is 5.63. The normalized spacial score (nSPS) is 18.5. The van der Waals surface area contributed by atoms with Crippen LogP contribution in [0.4, 0.5) is 11.8 Å². The van der Waals surface area contributed by atoms with Crippen LogP contribution < -0.4 is 15.8 Å². The first-order valence-electron chi connectivity index (χ1n) is 6.86. The molecule has 0 radical (unpaired) electrons. The molecule has 1 fully saturated rings. The first kappa shape index (κ1) is 14.2. The Kier molecular flexibility index (Phi) is 5.57. The summed E-state index contributed by atoms with van der Waals surface area (Å²) in [6.45, 7) is 3.77. The van der Waals surface area contributed by atoms with Gasteiger partial charge in [-0.1, -0.05) is 13.3 Å². The Morgan fingerprint density at radius 2 is 2.47 bits per heavy atom. The fourth-order valence-corrected chi connectivity index (χ4v) is 3.19. The predicted octanol–water partition coefficient (Wildman–Crippen LogP) is 2.40. The van der Waals surface area contributed by atoms with Crippen molar-refractivity contribution >= 4 is 23.5 Å². The second kappa shape index (κ2) is 7.43. The Morgan fingerprint density at radius 3 is 3.21 bits per heavy atom. The van der Waals surface area contributed by atoms with Crippen LogP contribution in [0.25, 0.3) is 0 Å². The number of nitrogens with one attached hydrogen (secondary N) is 1. The smallest absolute Gasteiger partial charge is 0.222 e. The van der Waals surface area contributed by atoms with E-state index in [4.69, 9.17) is 10.5 Å². The maximum absolute atomic E-state index is 5.85. The number of nitrogens with zero attached hydrogens (tertiary/aromatic N) is 2. The highest BCUT2D eigenvalue weighted by Crippen LogP contribution is 2.26. The van der Waals surface area contributed by atoms with Crippen LogP contribution in [0.3, 0.4) is 0 Å². The minimum absolute atomic E-state index is 0.280. The summed E-state index contributed by atoms with van der Waals surface area (Å²) in [6, 6.07) is 0. The van der Waals surface area contributed by atoms with Gasteiger partial charge in [-0.3, -0.25) is 0 Å². The molecule has 0 amide bonds. The van der Waals surface area contributed by atoms with Gasteiger partial charge in [0.2, 0.25) is 5.95 Å². The second-order valence-electron chi connectivity index (χ2n) is 4.76. The number of hydrogen-bond acceptors (Lipinski definition) is 6. The van der Waals surface area contributed by atoms with Crippen LogP contribution in [0, 0.1) is 5.92 Å². The number of rotatable bonds is 7. The van der Waals surface area contributed by atoms with Gasteiger partial charge in [0, 0.05) is 12.5 Å². The monoisotopic (exact) mass is 282 g/mol. The van der Waals surface area contributed by atoms with Crippen molar-refractivity contribution in [2.45, 2.75) is 26.2 Å². The van der Waals surface area contributed by atoms with Gasteiger partial charge in [-0.2, -0.15) is 16.7 Å². The third-order valence-corrected chi connectivity index (χ3v) is 4.33. The average molecular weight is 282 g/mol. The average Bonchev–Trinajstić information content (AvgIpc) is 2.91. The predicted molar refractivity (Wildman–Crippen MR) is 80.8 cm³/mol. The molecule has 3 N–H and O–H groups in total. The first-order valence-corrected chi connectivity index (χ1v) is 8.02. The molecular formula is C13H22N4OS. The molecule has 1 unspecified atom stereocenters. The Morgan fingerprint density at radius 1 is 1.58 bits per heavy atom. The van der Waals surface area contributed by atoms with Gasteiger partial charge in [0.25, 0.3) is 0 Å². The van der Waals surface area contributed by atoms with Gasteiger partial charge in [-0.25, -0.2) is 4.98 Å². The van der Waals surface area contributed by atoms with Gasteiger partial charge >= 0.3 is 0 Å². The lowest BCUT2D eigenvalue weighted by Gasteiger charge is -2.14. The van der Waals surface area contributed by atoms with Crippen molar-refractivity contribution in [2.24, 2.45) is 5.92 Å². The van der Waals surface area contributed by atoms with Crippen LogP contribution in [0.1, 0.15) is 26.2 Å². The molecule has 5 nitrogen and oxygen atoms in total. The molecule has 19 heavy (non-hydrogen) atoms. The summed E-state index contributed by atoms with van der Waals surface area (Å²) in [7, 11) is 0. The Balaban J connectivity index is 1.92. The molecule has 1 aliphatic rings. The molecule has 1 aromatic rings. The number of nitrogen functional groups attached to an aromatic ring is 1. The molecule has 0 bridgehead atoms. The van der Waals surface area contributed by atoms with E-state index < -0.39 is 0 Å². The van der Waals surface area contributed by atoms with Crippen molar-refractivity contribution in [3.63, 3.8) is 0 Å².